The Morgan fingerprint density at radius 3 is 2.15 bits per heavy atom. The van der Waals surface area contributed by atoms with Crippen LogP contribution < -0.4 is 15.4 Å². The fraction of sp³-hybridized carbons (Fsp3) is 0.300. The molecule has 0 spiro atoms. The Morgan fingerprint density at radius 2 is 1.63 bits per heavy atom. The molecule has 0 unspecified atom stereocenters. The van der Waals surface area contributed by atoms with Gasteiger partial charge >= 0.3 is 0 Å². The minimum atomic E-state index is -0.978. The van der Waals surface area contributed by atoms with Gasteiger partial charge in [0.25, 0.3) is 5.91 Å². The number of benzene rings is 2. The topological polar surface area (TPSA) is 67.4 Å². The number of ether oxygens (including phenoxy) is 1. The number of halogens is 2. The summed E-state index contributed by atoms with van der Waals surface area (Å²) in [6.45, 7) is 3.71. The Bertz CT molecular complexity index is 787. The number of carbonyl (C=O) groups is 2. The lowest BCUT2D eigenvalue weighted by atomic mass is 10.0. The van der Waals surface area contributed by atoms with Gasteiger partial charge in [-0.3, -0.25) is 9.59 Å². The van der Waals surface area contributed by atoms with Crippen LogP contribution in [0.3, 0.4) is 0 Å². The van der Waals surface area contributed by atoms with E-state index in [1.165, 1.54) is 6.07 Å². The van der Waals surface area contributed by atoms with E-state index in [-0.39, 0.29) is 12.5 Å². The molecule has 0 aliphatic carbocycles. The Kier molecular flexibility index (Phi) is 6.87. The normalized spacial score (nSPS) is 11.8. The minimum Gasteiger partial charge on any atom is -0.497 e. The summed E-state index contributed by atoms with van der Waals surface area (Å²) in [6, 6.07) is 9.36. The molecule has 1 atom stereocenters. The SMILES string of the molecule is COc1ccc(CNC(=O)[C@@H](NC(=O)c2c(F)cccc2F)C(C)C)cc1. The van der Waals surface area contributed by atoms with Gasteiger partial charge in [-0.2, -0.15) is 0 Å². The maximum absolute atomic E-state index is 13.8. The highest BCUT2D eigenvalue weighted by molar-refractivity contribution is 5.98. The van der Waals surface area contributed by atoms with Gasteiger partial charge in [0, 0.05) is 6.54 Å². The molecule has 2 rings (SSSR count). The quantitative estimate of drug-likeness (QED) is 0.781. The Labute approximate surface area is 156 Å². The molecular formula is C20H22F2N2O3. The Balaban J connectivity index is 2.05. The van der Waals surface area contributed by atoms with Crippen LogP contribution in [0.5, 0.6) is 5.75 Å². The Hall–Kier alpha value is -2.96. The second-order valence-corrected chi connectivity index (χ2v) is 6.36. The van der Waals surface area contributed by atoms with Crippen molar-refractivity contribution in [1.82, 2.24) is 10.6 Å². The number of rotatable bonds is 7. The van der Waals surface area contributed by atoms with Crippen molar-refractivity contribution in [3.63, 3.8) is 0 Å². The van der Waals surface area contributed by atoms with E-state index in [4.69, 9.17) is 4.74 Å². The molecule has 2 N–H and O–H groups in total. The zero-order valence-electron chi connectivity index (χ0n) is 15.4. The third-order valence-corrected chi connectivity index (χ3v) is 4.05. The molecule has 0 radical (unpaired) electrons. The van der Waals surface area contributed by atoms with Crippen molar-refractivity contribution in [2.75, 3.05) is 7.11 Å². The highest BCUT2D eigenvalue weighted by Gasteiger charge is 2.27. The summed E-state index contributed by atoms with van der Waals surface area (Å²) >= 11 is 0. The lowest BCUT2D eigenvalue weighted by Gasteiger charge is -2.22. The maximum atomic E-state index is 13.8. The molecule has 0 heterocycles. The number of methoxy groups -OCH3 is 1. The van der Waals surface area contributed by atoms with Crippen LogP contribution in [0.15, 0.2) is 42.5 Å². The van der Waals surface area contributed by atoms with Crippen molar-refractivity contribution in [2.24, 2.45) is 5.92 Å². The zero-order chi connectivity index (χ0) is 20.0. The van der Waals surface area contributed by atoms with E-state index < -0.39 is 35.1 Å². The average Bonchev–Trinajstić information content (AvgIpc) is 2.64. The van der Waals surface area contributed by atoms with E-state index in [0.29, 0.717) is 5.75 Å². The van der Waals surface area contributed by atoms with E-state index in [0.717, 1.165) is 17.7 Å². The molecule has 0 saturated carbocycles. The van der Waals surface area contributed by atoms with E-state index in [1.54, 1.807) is 45.2 Å². The van der Waals surface area contributed by atoms with E-state index >= 15 is 0 Å². The van der Waals surface area contributed by atoms with Gasteiger partial charge in [0.2, 0.25) is 5.91 Å². The first-order valence-electron chi connectivity index (χ1n) is 8.49. The van der Waals surface area contributed by atoms with Crippen molar-refractivity contribution >= 4 is 11.8 Å². The fourth-order valence-corrected chi connectivity index (χ4v) is 2.51. The summed E-state index contributed by atoms with van der Waals surface area (Å²) in [6.07, 6.45) is 0. The molecule has 27 heavy (non-hydrogen) atoms. The van der Waals surface area contributed by atoms with Crippen molar-refractivity contribution in [2.45, 2.75) is 26.4 Å². The number of hydrogen-bond acceptors (Lipinski definition) is 3. The summed E-state index contributed by atoms with van der Waals surface area (Å²) < 4.78 is 32.6. The predicted octanol–water partition coefficient (Wildman–Crippen LogP) is 3.04. The van der Waals surface area contributed by atoms with Gasteiger partial charge in [0.15, 0.2) is 0 Å². The fourth-order valence-electron chi connectivity index (χ4n) is 2.51. The molecule has 7 heteroatoms. The first-order chi connectivity index (χ1) is 12.8. The third kappa shape index (κ3) is 5.26. The molecule has 5 nitrogen and oxygen atoms in total. The second-order valence-electron chi connectivity index (χ2n) is 6.36. The highest BCUT2D eigenvalue weighted by atomic mass is 19.1. The molecule has 0 aromatic heterocycles. The number of carbonyl (C=O) groups excluding carboxylic acids is 2. The molecule has 2 amide bonds. The summed E-state index contributed by atoms with van der Waals surface area (Å²) in [7, 11) is 1.56. The van der Waals surface area contributed by atoms with Crippen LogP contribution in [-0.4, -0.2) is 25.0 Å². The number of amides is 2. The smallest absolute Gasteiger partial charge is 0.257 e. The molecule has 0 aliphatic rings. The molecule has 144 valence electrons. The van der Waals surface area contributed by atoms with Gasteiger partial charge in [0.05, 0.1) is 7.11 Å². The van der Waals surface area contributed by atoms with Gasteiger partial charge in [-0.15, -0.1) is 0 Å². The van der Waals surface area contributed by atoms with Crippen molar-refractivity contribution in [1.29, 1.82) is 0 Å². The van der Waals surface area contributed by atoms with Gasteiger partial charge in [0.1, 0.15) is 29.0 Å². The molecule has 0 fully saturated rings. The average molecular weight is 376 g/mol. The lowest BCUT2D eigenvalue weighted by Crippen LogP contribution is -2.49. The van der Waals surface area contributed by atoms with Gasteiger partial charge in [-0.05, 0) is 35.7 Å². The van der Waals surface area contributed by atoms with E-state index in [9.17, 15) is 18.4 Å². The lowest BCUT2D eigenvalue weighted by molar-refractivity contribution is -0.124. The van der Waals surface area contributed by atoms with Crippen LogP contribution in [0.25, 0.3) is 0 Å². The monoisotopic (exact) mass is 376 g/mol. The minimum absolute atomic E-state index is 0.246. The summed E-state index contributed by atoms with van der Waals surface area (Å²) in [5.74, 6) is -2.94. The van der Waals surface area contributed by atoms with Crippen LogP contribution in [0, 0.1) is 17.6 Å². The molecular weight excluding hydrogens is 354 g/mol. The van der Waals surface area contributed by atoms with E-state index in [1.807, 2.05) is 0 Å². The van der Waals surface area contributed by atoms with Crippen molar-refractivity contribution < 1.29 is 23.1 Å². The standard InChI is InChI=1S/C20H22F2N2O3/c1-12(2)18(24-19(25)17-15(21)5-4-6-16(17)22)20(26)23-11-13-7-9-14(27-3)10-8-13/h4-10,12,18H,11H2,1-3H3,(H,23,26)(H,24,25)/t18-/m0/s1. The highest BCUT2D eigenvalue weighted by Crippen LogP contribution is 2.14. The predicted molar refractivity (Wildman–Crippen MR) is 97.3 cm³/mol. The second kappa shape index (κ2) is 9.12. The maximum Gasteiger partial charge on any atom is 0.257 e. The first kappa shape index (κ1) is 20.4. The van der Waals surface area contributed by atoms with Crippen LogP contribution in [-0.2, 0) is 11.3 Å². The number of hydrogen-bond donors (Lipinski definition) is 2. The van der Waals surface area contributed by atoms with Gasteiger partial charge < -0.3 is 15.4 Å². The molecule has 0 saturated heterocycles. The Morgan fingerprint density at radius 1 is 1.04 bits per heavy atom. The third-order valence-electron chi connectivity index (χ3n) is 4.05. The first-order valence-corrected chi connectivity index (χ1v) is 8.49. The van der Waals surface area contributed by atoms with Crippen LogP contribution in [0.2, 0.25) is 0 Å². The summed E-state index contributed by atoms with van der Waals surface area (Å²) in [4.78, 5) is 24.7. The summed E-state index contributed by atoms with van der Waals surface area (Å²) in [5.41, 5.74) is 0.143. The summed E-state index contributed by atoms with van der Waals surface area (Å²) in [5, 5.41) is 5.14. The van der Waals surface area contributed by atoms with Gasteiger partial charge in [-0.25, -0.2) is 8.78 Å². The van der Waals surface area contributed by atoms with Crippen LogP contribution in [0.1, 0.15) is 29.8 Å². The number of nitrogens with one attached hydrogen (secondary N) is 2. The van der Waals surface area contributed by atoms with E-state index in [2.05, 4.69) is 10.6 Å². The zero-order valence-corrected chi connectivity index (χ0v) is 15.4. The van der Waals surface area contributed by atoms with Crippen molar-refractivity contribution in [3.05, 3.63) is 65.2 Å². The van der Waals surface area contributed by atoms with Gasteiger partial charge in [-0.1, -0.05) is 32.0 Å². The largest absolute Gasteiger partial charge is 0.497 e. The van der Waals surface area contributed by atoms with Crippen LogP contribution in [0.4, 0.5) is 8.78 Å². The molecule has 0 bridgehead atoms. The molecule has 2 aromatic rings. The van der Waals surface area contributed by atoms with Crippen LogP contribution >= 0.6 is 0 Å². The molecule has 2 aromatic carbocycles. The van der Waals surface area contributed by atoms with Crippen molar-refractivity contribution in [3.8, 4) is 5.75 Å². The molecule has 0 aliphatic heterocycles.